The van der Waals surface area contributed by atoms with Crippen molar-refractivity contribution in [2.75, 3.05) is 6.54 Å². The molecule has 1 heterocycles. The molecule has 1 rings (SSSR count). The highest BCUT2D eigenvalue weighted by molar-refractivity contribution is 5.59. The highest BCUT2D eigenvalue weighted by atomic mass is 15.6. The van der Waals surface area contributed by atoms with Crippen molar-refractivity contribution in [2.45, 2.75) is 46.7 Å². The van der Waals surface area contributed by atoms with Crippen LogP contribution in [0.2, 0.25) is 0 Å². The van der Waals surface area contributed by atoms with Crippen LogP contribution in [0.15, 0.2) is 5.10 Å². The molecule has 0 fully saturated rings. The van der Waals surface area contributed by atoms with Crippen LogP contribution < -0.4 is 0 Å². The lowest BCUT2D eigenvalue weighted by Crippen LogP contribution is -2.40. The summed E-state index contributed by atoms with van der Waals surface area (Å²) in [4.78, 5) is 1.64. The molecule has 0 N–H and O–H groups in total. The van der Waals surface area contributed by atoms with Crippen molar-refractivity contribution in [3.8, 4) is 6.19 Å². The molecule has 0 aromatic carbocycles. The Labute approximate surface area is 92.2 Å². The third-order valence-electron chi connectivity index (χ3n) is 2.35. The summed E-state index contributed by atoms with van der Waals surface area (Å²) in [6, 6.07) is 0. The first-order valence-corrected chi connectivity index (χ1v) is 5.47. The molecule has 0 radical (unpaired) electrons. The van der Waals surface area contributed by atoms with E-state index in [9.17, 15) is 0 Å². The van der Waals surface area contributed by atoms with Gasteiger partial charge >= 0.3 is 0 Å². The molecule has 1 aliphatic rings. The number of hydrogen-bond donors (Lipinski definition) is 0. The zero-order chi connectivity index (χ0) is 11.5. The summed E-state index contributed by atoms with van der Waals surface area (Å²) in [5.74, 6) is 0. The Balaban J connectivity index is 2.68. The minimum Gasteiger partial charge on any atom is -0.272 e. The van der Waals surface area contributed by atoms with Crippen LogP contribution in [0, 0.1) is 16.9 Å². The highest BCUT2D eigenvalue weighted by Crippen LogP contribution is 2.27. The molecule has 0 amide bonds. The fraction of sp³-hybridized carbons (Fsp3) is 0.818. The van der Waals surface area contributed by atoms with Crippen LogP contribution in [0.1, 0.15) is 40.5 Å². The van der Waals surface area contributed by atoms with Gasteiger partial charge in [-0.15, -0.1) is 0 Å². The lowest BCUT2D eigenvalue weighted by molar-refractivity contribution is 0.114. The summed E-state index contributed by atoms with van der Waals surface area (Å²) in [5.41, 5.74) is 0.208. The Hall–Kier alpha value is -1.24. The molecule has 0 aromatic rings. The molecule has 15 heavy (non-hydrogen) atoms. The SMILES string of the molecule is CCCN1N=CN(C#N)C1CC(C)(C)C. The van der Waals surface area contributed by atoms with Crippen LogP contribution in [-0.4, -0.2) is 29.0 Å². The predicted molar refractivity (Wildman–Crippen MR) is 60.8 cm³/mol. The fourth-order valence-electron chi connectivity index (χ4n) is 1.70. The van der Waals surface area contributed by atoms with E-state index in [0.29, 0.717) is 0 Å². The first-order valence-electron chi connectivity index (χ1n) is 5.47. The van der Waals surface area contributed by atoms with Crippen LogP contribution in [0.25, 0.3) is 0 Å². The van der Waals surface area contributed by atoms with Gasteiger partial charge in [-0.2, -0.15) is 10.4 Å². The van der Waals surface area contributed by atoms with E-state index < -0.39 is 0 Å². The van der Waals surface area contributed by atoms with E-state index in [2.05, 4.69) is 39.0 Å². The van der Waals surface area contributed by atoms with E-state index in [1.807, 2.05) is 5.01 Å². The Morgan fingerprint density at radius 3 is 2.60 bits per heavy atom. The van der Waals surface area contributed by atoms with Gasteiger partial charge in [-0.3, -0.25) is 5.01 Å². The quantitative estimate of drug-likeness (QED) is 0.668. The van der Waals surface area contributed by atoms with Gasteiger partial charge in [-0.25, -0.2) is 4.90 Å². The molecule has 4 nitrogen and oxygen atoms in total. The van der Waals surface area contributed by atoms with Crippen LogP contribution in [0.4, 0.5) is 0 Å². The molecular formula is C11H20N4. The van der Waals surface area contributed by atoms with Crippen LogP contribution in [-0.2, 0) is 0 Å². The summed E-state index contributed by atoms with van der Waals surface area (Å²) in [5, 5.41) is 15.2. The van der Waals surface area contributed by atoms with Crippen molar-refractivity contribution in [1.82, 2.24) is 9.91 Å². The van der Waals surface area contributed by atoms with E-state index in [0.717, 1.165) is 19.4 Å². The first-order chi connectivity index (χ1) is 6.98. The van der Waals surface area contributed by atoms with Gasteiger partial charge in [0.05, 0.1) is 0 Å². The van der Waals surface area contributed by atoms with Crippen molar-refractivity contribution in [3.05, 3.63) is 0 Å². The van der Waals surface area contributed by atoms with E-state index in [-0.39, 0.29) is 11.6 Å². The second kappa shape index (κ2) is 4.52. The Morgan fingerprint density at radius 1 is 1.47 bits per heavy atom. The lowest BCUT2D eigenvalue weighted by Gasteiger charge is -2.31. The zero-order valence-electron chi connectivity index (χ0n) is 10.1. The van der Waals surface area contributed by atoms with Gasteiger partial charge in [0.2, 0.25) is 0 Å². The maximum absolute atomic E-state index is 8.98. The van der Waals surface area contributed by atoms with Gasteiger partial charge in [0, 0.05) is 6.54 Å². The lowest BCUT2D eigenvalue weighted by atomic mass is 9.90. The van der Waals surface area contributed by atoms with Crippen molar-refractivity contribution >= 4 is 6.34 Å². The monoisotopic (exact) mass is 208 g/mol. The molecular weight excluding hydrogens is 188 g/mol. The Kier molecular flexibility index (Phi) is 3.57. The highest BCUT2D eigenvalue weighted by Gasteiger charge is 2.31. The maximum Gasteiger partial charge on any atom is 0.187 e. The molecule has 1 unspecified atom stereocenters. The molecule has 0 saturated carbocycles. The smallest absolute Gasteiger partial charge is 0.187 e. The summed E-state index contributed by atoms with van der Waals surface area (Å²) in [6.45, 7) is 9.59. The molecule has 0 saturated heterocycles. The standard InChI is InChI=1S/C11H20N4/c1-5-6-15-10(7-11(2,3)4)14(8-12)9-13-15/h9-10H,5-7H2,1-4H3. The largest absolute Gasteiger partial charge is 0.272 e. The van der Waals surface area contributed by atoms with Crippen molar-refractivity contribution in [2.24, 2.45) is 10.5 Å². The Bertz CT molecular complexity index is 271. The van der Waals surface area contributed by atoms with Gasteiger partial charge in [0.25, 0.3) is 0 Å². The average molecular weight is 208 g/mol. The van der Waals surface area contributed by atoms with Crippen LogP contribution >= 0.6 is 0 Å². The normalized spacial score (nSPS) is 20.9. The van der Waals surface area contributed by atoms with Crippen molar-refractivity contribution < 1.29 is 0 Å². The molecule has 0 spiro atoms. The second-order valence-corrected chi connectivity index (χ2v) is 5.15. The minimum absolute atomic E-state index is 0.106. The van der Waals surface area contributed by atoms with Gasteiger partial charge in [0.1, 0.15) is 12.5 Å². The zero-order valence-corrected chi connectivity index (χ0v) is 10.1. The molecule has 0 aliphatic carbocycles. The number of nitriles is 1. The maximum atomic E-state index is 8.98. The third kappa shape index (κ3) is 3.12. The first kappa shape index (κ1) is 11.8. The molecule has 0 aromatic heterocycles. The summed E-state index contributed by atoms with van der Waals surface area (Å²) >= 11 is 0. The van der Waals surface area contributed by atoms with Gasteiger partial charge in [-0.05, 0) is 18.3 Å². The van der Waals surface area contributed by atoms with Gasteiger partial charge in [-0.1, -0.05) is 27.7 Å². The molecule has 4 heteroatoms. The van der Waals surface area contributed by atoms with Gasteiger partial charge < -0.3 is 0 Å². The summed E-state index contributed by atoms with van der Waals surface area (Å²) < 4.78 is 0. The van der Waals surface area contributed by atoms with Crippen LogP contribution in [0.3, 0.4) is 0 Å². The molecule has 1 aliphatic heterocycles. The fourth-order valence-corrected chi connectivity index (χ4v) is 1.70. The predicted octanol–water partition coefficient (Wildman–Crippen LogP) is 2.20. The van der Waals surface area contributed by atoms with Crippen LogP contribution in [0.5, 0.6) is 0 Å². The van der Waals surface area contributed by atoms with Crippen molar-refractivity contribution in [1.29, 1.82) is 5.26 Å². The molecule has 0 bridgehead atoms. The van der Waals surface area contributed by atoms with E-state index in [4.69, 9.17) is 5.26 Å². The summed E-state index contributed by atoms with van der Waals surface area (Å²) in [7, 11) is 0. The number of rotatable bonds is 3. The van der Waals surface area contributed by atoms with E-state index in [1.165, 1.54) is 0 Å². The van der Waals surface area contributed by atoms with Crippen molar-refractivity contribution in [3.63, 3.8) is 0 Å². The molecule has 84 valence electrons. The number of hydrogen-bond acceptors (Lipinski definition) is 4. The van der Waals surface area contributed by atoms with E-state index in [1.54, 1.807) is 11.2 Å². The minimum atomic E-state index is 0.106. The second-order valence-electron chi connectivity index (χ2n) is 5.15. The van der Waals surface area contributed by atoms with Gasteiger partial charge in [0.15, 0.2) is 6.19 Å². The number of hydrazone groups is 1. The van der Waals surface area contributed by atoms with E-state index >= 15 is 0 Å². The number of nitrogens with zero attached hydrogens (tertiary/aromatic N) is 4. The average Bonchev–Trinajstić information content (AvgIpc) is 2.47. The third-order valence-corrected chi connectivity index (χ3v) is 2.35. The Morgan fingerprint density at radius 2 is 2.13 bits per heavy atom. The topological polar surface area (TPSA) is 42.6 Å². The molecule has 1 atom stereocenters. The summed E-state index contributed by atoms with van der Waals surface area (Å²) in [6.07, 6.45) is 5.90.